The number of aliphatic hydroxyl groups is 1. The molecule has 1 aliphatic carbocycles. The molecule has 4 heteroatoms. The molecule has 3 nitrogen and oxygen atoms in total. The summed E-state index contributed by atoms with van der Waals surface area (Å²) in [6.07, 6.45) is 1.63. The molecule has 0 saturated heterocycles. The smallest absolute Gasteiger partial charge is 0.132 e. The Morgan fingerprint density at radius 2 is 2.21 bits per heavy atom. The zero-order chi connectivity index (χ0) is 9.76. The number of nitrogens with one attached hydrogen (secondary N) is 1. The van der Waals surface area contributed by atoms with Gasteiger partial charge in [0.25, 0.3) is 0 Å². The zero-order valence-electron chi connectivity index (χ0n) is 7.42. The summed E-state index contributed by atoms with van der Waals surface area (Å²) in [6, 6.07) is 5.69. The fourth-order valence-electron chi connectivity index (χ4n) is 1.80. The molecule has 0 aliphatic heterocycles. The van der Waals surface area contributed by atoms with E-state index in [0.717, 1.165) is 29.3 Å². The van der Waals surface area contributed by atoms with Gasteiger partial charge in [0.1, 0.15) is 5.15 Å². The molecule has 1 aliphatic rings. The minimum Gasteiger partial charge on any atom is -0.385 e. The molecule has 2 N–H and O–H groups in total. The molecular weight excluding hydrogens is 200 g/mol. The molecule has 2 aromatic rings. The molecule has 1 fully saturated rings. The summed E-state index contributed by atoms with van der Waals surface area (Å²) in [5.41, 5.74) is 1.05. The van der Waals surface area contributed by atoms with Crippen LogP contribution in [0.3, 0.4) is 0 Å². The maximum atomic E-state index is 10.0. The third-order valence-corrected chi connectivity index (χ3v) is 3.03. The van der Waals surface area contributed by atoms with Gasteiger partial charge in [0, 0.05) is 5.39 Å². The van der Waals surface area contributed by atoms with Crippen molar-refractivity contribution in [3.63, 3.8) is 0 Å². The second-order valence-corrected chi connectivity index (χ2v) is 4.15. The third-order valence-electron chi connectivity index (χ3n) is 2.76. The van der Waals surface area contributed by atoms with Crippen molar-refractivity contribution in [3.8, 4) is 0 Å². The summed E-state index contributed by atoms with van der Waals surface area (Å²) >= 11 is 5.98. The van der Waals surface area contributed by atoms with Crippen LogP contribution in [-0.4, -0.2) is 15.3 Å². The molecule has 72 valence electrons. The predicted octanol–water partition coefficient (Wildman–Crippen LogP) is 2.20. The second kappa shape index (κ2) is 2.49. The van der Waals surface area contributed by atoms with Crippen molar-refractivity contribution in [2.24, 2.45) is 0 Å². The Morgan fingerprint density at radius 3 is 2.93 bits per heavy atom. The molecular formula is C10H9ClN2O. The van der Waals surface area contributed by atoms with Crippen LogP contribution in [0.15, 0.2) is 18.2 Å². The van der Waals surface area contributed by atoms with E-state index in [1.54, 1.807) is 0 Å². The number of benzene rings is 1. The Balaban J connectivity index is 2.37. The van der Waals surface area contributed by atoms with E-state index >= 15 is 0 Å². The lowest BCUT2D eigenvalue weighted by Gasteiger charge is -2.08. The van der Waals surface area contributed by atoms with E-state index in [2.05, 4.69) is 10.2 Å². The van der Waals surface area contributed by atoms with Crippen LogP contribution >= 0.6 is 11.6 Å². The molecule has 1 heterocycles. The van der Waals surface area contributed by atoms with E-state index in [1.807, 2.05) is 18.2 Å². The van der Waals surface area contributed by atoms with Gasteiger partial charge in [0.2, 0.25) is 0 Å². The Bertz CT molecular complexity index is 502. The molecule has 0 bridgehead atoms. The van der Waals surface area contributed by atoms with Gasteiger partial charge in [-0.25, -0.2) is 0 Å². The van der Waals surface area contributed by atoms with Crippen LogP contribution < -0.4 is 0 Å². The molecule has 1 aromatic carbocycles. The average molecular weight is 209 g/mol. The van der Waals surface area contributed by atoms with Crippen molar-refractivity contribution in [2.45, 2.75) is 18.4 Å². The molecule has 0 radical (unpaired) electrons. The largest absolute Gasteiger partial charge is 0.385 e. The number of H-pyrrole nitrogens is 1. The molecule has 1 saturated carbocycles. The van der Waals surface area contributed by atoms with Crippen molar-refractivity contribution < 1.29 is 5.11 Å². The van der Waals surface area contributed by atoms with E-state index in [4.69, 9.17) is 11.6 Å². The normalized spacial score (nSPS) is 18.7. The maximum absolute atomic E-state index is 10.0. The summed E-state index contributed by atoms with van der Waals surface area (Å²) in [4.78, 5) is 0. The Kier molecular flexibility index (Phi) is 1.47. The number of aromatic nitrogens is 2. The highest BCUT2D eigenvalue weighted by molar-refractivity contribution is 6.34. The fraction of sp³-hybridized carbons (Fsp3) is 0.300. The summed E-state index contributed by atoms with van der Waals surface area (Å²) in [7, 11) is 0. The van der Waals surface area contributed by atoms with Gasteiger partial charge >= 0.3 is 0 Å². The molecule has 0 atom stereocenters. The van der Waals surface area contributed by atoms with Gasteiger partial charge in [0.05, 0.1) is 11.1 Å². The second-order valence-electron chi connectivity index (χ2n) is 3.77. The minimum absolute atomic E-state index is 0.510. The first-order chi connectivity index (χ1) is 6.71. The summed E-state index contributed by atoms with van der Waals surface area (Å²) < 4.78 is 0. The van der Waals surface area contributed by atoms with Crippen molar-refractivity contribution >= 4 is 22.5 Å². The number of aromatic amines is 1. The van der Waals surface area contributed by atoms with E-state index in [0.29, 0.717) is 5.15 Å². The first-order valence-electron chi connectivity index (χ1n) is 4.56. The number of hydrogen-bond donors (Lipinski definition) is 2. The topological polar surface area (TPSA) is 48.9 Å². The number of hydrogen-bond acceptors (Lipinski definition) is 2. The number of fused-ring (bicyclic) bond motifs is 1. The fourth-order valence-corrected chi connectivity index (χ4v) is 2.05. The van der Waals surface area contributed by atoms with Crippen LogP contribution in [0.2, 0.25) is 5.15 Å². The monoisotopic (exact) mass is 208 g/mol. The van der Waals surface area contributed by atoms with Gasteiger partial charge in [-0.2, -0.15) is 5.10 Å². The highest BCUT2D eigenvalue weighted by atomic mass is 35.5. The van der Waals surface area contributed by atoms with Crippen molar-refractivity contribution in [2.75, 3.05) is 0 Å². The highest BCUT2D eigenvalue weighted by Gasteiger charge is 2.43. The van der Waals surface area contributed by atoms with E-state index in [1.165, 1.54) is 0 Å². The Hall–Kier alpha value is -1.06. The van der Waals surface area contributed by atoms with Gasteiger partial charge in [-0.3, -0.25) is 5.10 Å². The van der Waals surface area contributed by atoms with Gasteiger partial charge in [0.15, 0.2) is 0 Å². The van der Waals surface area contributed by atoms with E-state index in [9.17, 15) is 5.11 Å². The third kappa shape index (κ3) is 0.996. The van der Waals surface area contributed by atoms with E-state index < -0.39 is 5.60 Å². The van der Waals surface area contributed by atoms with Crippen LogP contribution in [0.25, 0.3) is 10.9 Å². The van der Waals surface area contributed by atoms with Gasteiger partial charge < -0.3 is 5.11 Å². The summed E-state index contributed by atoms with van der Waals surface area (Å²) in [6.45, 7) is 0. The first-order valence-corrected chi connectivity index (χ1v) is 4.94. The number of halogens is 1. The van der Waals surface area contributed by atoms with Gasteiger partial charge in [-0.15, -0.1) is 0 Å². The quantitative estimate of drug-likeness (QED) is 0.755. The molecule has 0 amide bonds. The number of rotatable bonds is 1. The molecule has 1 aromatic heterocycles. The SMILES string of the molecule is OC1(c2cccc3n[nH]c(Cl)c23)CC1. The van der Waals surface area contributed by atoms with Crippen molar-refractivity contribution in [1.29, 1.82) is 0 Å². The Labute approximate surface area is 85.7 Å². The van der Waals surface area contributed by atoms with Crippen LogP contribution in [0.1, 0.15) is 18.4 Å². The summed E-state index contributed by atoms with van der Waals surface area (Å²) in [5, 5.41) is 18.2. The molecule has 14 heavy (non-hydrogen) atoms. The first kappa shape index (κ1) is 8.26. The van der Waals surface area contributed by atoms with Crippen molar-refractivity contribution in [3.05, 3.63) is 28.9 Å². The predicted molar refractivity (Wildman–Crippen MR) is 54.2 cm³/mol. The van der Waals surface area contributed by atoms with Crippen molar-refractivity contribution in [1.82, 2.24) is 10.2 Å². The Morgan fingerprint density at radius 1 is 1.43 bits per heavy atom. The molecule has 0 unspecified atom stereocenters. The lowest BCUT2D eigenvalue weighted by molar-refractivity contribution is 0.153. The van der Waals surface area contributed by atoms with Gasteiger partial charge in [-0.05, 0) is 24.5 Å². The van der Waals surface area contributed by atoms with Crippen LogP contribution in [0.5, 0.6) is 0 Å². The zero-order valence-corrected chi connectivity index (χ0v) is 8.17. The van der Waals surface area contributed by atoms with Gasteiger partial charge in [-0.1, -0.05) is 23.7 Å². The van der Waals surface area contributed by atoms with E-state index in [-0.39, 0.29) is 0 Å². The maximum Gasteiger partial charge on any atom is 0.132 e. The van der Waals surface area contributed by atoms with Crippen LogP contribution in [-0.2, 0) is 5.60 Å². The molecule has 0 spiro atoms. The number of nitrogens with zero attached hydrogens (tertiary/aromatic N) is 1. The van der Waals surface area contributed by atoms with Crippen LogP contribution in [0.4, 0.5) is 0 Å². The highest BCUT2D eigenvalue weighted by Crippen LogP contribution is 2.48. The average Bonchev–Trinajstić information content (AvgIpc) is 2.83. The minimum atomic E-state index is -0.660. The molecule has 3 rings (SSSR count). The summed E-state index contributed by atoms with van der Waals surface area (Å²) in [5.74, 6) is 0. The standard InChI is InChI=1S/C10H9ClN2O/c11-9-8-6(10(14)4-5-10)2-1-3-7(8)12-13-9/h1-3,14H,4-5H2,(H,12,13). The lowest BCUT2D eigenvalue weighted by Crippen LogP contribution is -2.04. The lowest BCUT2D eigenvalue weighted by atomic mass is 10.0. The van der Waals surface area contributed by atoms with Crippen LogP contribution in [0, 0.1) is 0 Å².